The van der Waals surface area contributed by atoms with Crippen LogP contribution in [0, 0.1) is 11.8 Å². The molecule has 0 saturated heterocycles. The van der Waals surface area contributed by atoms with Gasteiger partial charge in [-0.05, 0) is 37.3 Å². The van der Waals surface area contributed by atoms with Crippen molar-refractivity contribution in [1.82, 2.24) is 9.99 Å². The van der Waals surface area contributed by atoms with Crippen LogP contribution in [0.25, 0.3) is 0 Å². The molecule has 1 fully saturated rings. The second kappa shape index (κ2) is 5.30. The lowest BCUT2D eigenvalue weighted by molar-refractivity contribution is -0.313. The zero-order valence-electron chi connectivity index (χ0n) is 12.4. The van der Waals surface area contributed by atoms with E-state index in [0.29, 0.717) is 12.8 Å². The average Bonchev–Trinajstić information content (AvgIpc) is 2.81. The summed E-state index contributed by atoms with van der Waals surface area (Å²) in [6, 6.07) is 2.79. The van der Waals surface area contributed by atoms with E-state index in [1.165, 1.54) is 18.3 Å². The lowest BCUT2D eigenvalue weighted by atomic mass is 9.76. The molecule has 0 spiro atoms. The van der Waals surface area contributed by atoms with Crippen molar-refractivity contribution in [2.24, 2.45) is 16.9 Å². The molecule has 2 aliphatic rings. The van der Waals surface area contributed by atoms with Gasteiger partial charge < -0.3 is 5.11 Å². The van der Waals surface area contributed by atoms with E-state index >= 15 is 0 Å². The van der Waals surface area contributed by atoms with E-state index in [1.54, 1.807) is 0 Å². The van der Waals surface area contributed by atoms with E-state index in [0.717, 1.165) is 6.20 Å². The number of carbonyl (C=O) groups excluding carboxylic acids is 1. The normalized spacial score (nSPS) is 30.8. The van der Waals surface area contributed by atoms with Crippen molar-refractivity contribution in [3.8, 4) is 0 Å². The Morgan fingerprint density at radius 1 is 1.48 bits per heavy atom. The fourth-order valence-electron chi connectivity index (χ4n) is 3.22. The first-order chi connectivity index (χ1) is 10.7. The maximum Gasteiger partial charge on any atom is 0.439 e. The number of pyridine rings is 1. The molecule has 23 heavy (non-hydrogen) atoms. The molecular formula is C15H16F3N3O2. The largest absolute Gasteiger partial charge is 0.439 e. The Morgan fingerprint density at radius 2 is 2.22 bits per heavy atom. The summed E-state index contributed by atoms with van der Waals surface area (Å²) in [7, 11) is 0. The number of aromatic nitrogens is 1. The Kier molecular flexibility index (Phi) is 3.66. The standard InChI is InChI=1S/C15H16F3N3O2/c1-9-4-5-12-11(7-9)14(23,15(16,17)18)21(20-12)13(22)10-3-2-6-19-8-10/h2-3,6,8-9,11,23H,4-5,7H2,1H3/t9-,11+,14+/m0/s1. The summed E-state index contributed by atoms with van der Waals surface area (Å²) in [5, 5.41) is 14.5. The van der Waals surface area contributed by atoms with Crippen LogP contribution in [0.3, 0.4) is 0 Å². The molecule has 0 bridgehead atoms. The van der Waals surface area contributed by atoms with Crippen LogP contribution >= 0.6 is 0 Å². The van der Waals surface area contributed by atoms with E-state index < -0.39 is 23.7 Å². The number of halogens is 3. The first-order valence-corrected chi connectivity index (χ1v) is 7.36. The molecule has 0 radical (unpaired) electrons. The second-order valence-electron chi connectivity index (χ2n) is 6.11. The van der Waals surface area contributed by atoms with Gasteiger partial charge >= 0.3 is 6.18 Å². The van der Waals surface area contributed by atoms with Gasteiger partial charge in [0.1, 0.15) is 0 Å². The first kappa shape index (κ1) is 15.9. The topological polar surface area (TPSA) is 65.8 Å². The van der Waals surface area contributed by atoms with E-state index in [4.69, 9.17) is 0 Å². The molecule has 1 aromatic rings. The molecule has 1 aliphatic carbocycles. The molecule has 5 nitrogen and oxygen atoms in total. The van der Waals surface area contributed by atoms with Gasteiger partial charge in [-0.1, -0.05) is 6.92 Å². The number of fused-ring (bicyclic) bond motifs is 1. The molecule has 1 amide bonds. The summed E-state index contributed by atoms with van der Waals surface area (Å²) >= 11 is 0. The highest BCUT2D eigenvalue weighted by atomic mass is 19.4. The Labute approximate surface area is 130 Å². The van der Waals surface area contributed by atoms with E-state index in [-0.39, 0.29) is 28.6 Å². The minimum atomic E-state index is -5.00. The van der Waals surface area contributed by atoms with Crippen LogP contribution in [0.1, 0.15) is 36.5 Å². The molecule has 1 saturated carbocycles. The summed E-state index contributed by atoms with van der Waals surface area (Å²) in [6.07, 6.45) is -1.25. The van der Waals surface area contributed by atoms with Gasteiger partial charge in [-0.3, -0.25) is 9.78 Å². The van der Waals surface area contributed by atoms with Crippen LogP contribution in [-0.2, 0) is 0 Å². The fourth-order valence-corrected chi connectivity index (χ4v) is 3.22. The number of nitrogens with zero attached hydrogens (tertiary/aromatic N) is 3. The zero-order chi connectivity index (χ0) is 16.8. The molecule has 1 N–H and O–H groups in total. The number of hydrogen-bond donors (Lipinski definition) is 1. The van der Waals surface area contributed by atoms with Crippen molar-refractivity contribution >= 4 is 11.6 Å². The van der Waals surface area contributed by atoms with Gasteiger partial charge in [0.25, 0.3) is 11.6 Å². The predicted molar refractivity (Wildman–Crippen MR) is 75.4 cm³/mol. The molecule has 0 unspecified atom stereocenters. The van der Waals surface area contributed by atoms with Crippen molar-refractivity contribution in [2.75, 3.05) is 0 Å². The molecule has 2 heterocycles. The number of hydrogen-bond acceptors (Lipinski definition) is 4. The van der Waals surface area contributed by atoms with E-state index in [2.05, 4.69) is 10.1 Å². The molecule has 3 atom stereocenters. The summed E-state index contributed by atoms with van der Waals surface area (Å²) in [4.78, 5) is 16.2. The minimum absolute atomic E-state index is 0.0290. The predicted octanol–water partition coefficient (Wildman–Crippen LogP) is 2.58. The number of aliphatic hydroxyl groups is 1. The third kappa shape index (κ3) is 2.41. The first-order valence-electron chi connectivity index (χ1n) is 7.36. The van der Waals surface area contributed by atoms with Crippen LogP contribution in [0.4, 0.5) is 13.2 Å². The van der Waals surface area contributed by atoms with Crippen LogP contribution < -0.4 is 0 Å². The Balaban J connectivity index is 2.04. The SMILES string of the molecule is C[C@H]1CCC2=NN(C(=O)c3cccnc3)[C@](O)(C(F)(F)F)[C@@H]2C1. The molecule has 8 heteroatoms. The maximum atomic E-state index is 13.6. The van der Waals surface area contributed by atoms with Gasteiger partial charge in [-0.25, -0.2) is 0 Å². The number of rotatable bonds is 1. The summed E-state index contributed by atoms with van der Waals surface area (Å²) in [5.41, 5.74) is -3.12. The van der Waals surface area contributed by atoms with Crippen LogP contribution in [-0.4, -0.2) is 38.6 Å². The Bertz CT molecular complexity index is 647. The van der Waals surface area contributed by atoms with Gasteiger partial charge in [0.15, 0.2) is 0 Å². The zero-order valence-corrected chi connectivity index (χ0v) is 12.4. The van der Waals surface area contributed by atoms with Crippen molar-refractivity contribution in [3.63, 3.8) is 0 Å². The molecule has 0 aromatic carbocycles. The minimum Gasteiger partial charge on any atom is -0.362 e. The number of amides is 1. The number of alkyl halides is 3. The third-order valence-corrected chi connectivity index (χ3v) is 4.49. The lowest BCUT2D eigenvalue weighted by Crippen LogP contribution is -2.61. The molecule has 1 aromatic heterocycles. The van der Waals surface area contributed by atoms with Gasteiger partial charge in [0, 0.05) is 18.1 Å². The summed E-state index contributed by atoms with van der Waals surface area (Å²) in [6.45, 7) is 1.83. The monoisotopic (exact) mass is 327 g/mol. The van der Waals surface area contributed by atoms with Crippen LogP contribution in [0.2, 0.25) is 0 Å². The highest BCUT2D eigenvalue weighted by Gasteiger charge is 2.68. The highest BCUT2D eigenvalue weighted by molar-refractivity contribution is 5.99. The Morgan fingerprint density at radius 3 is 2.83 bits per heavy atom. The van der Waals surface area contributed by atoms with Crippen molar-refractivity contribution < 1.29 is 23.1 Å². The van der Waals surface area contributed by atoms with Gasteiger partial charge in [0.2, 0.25) is 0 Å². The third-order valence-electron chi connectivity index (χ3n) is 4.49. The van der Waals surface area contributed by atoms with E-state index in [1.807, 2.05) is 6.92 Å². The second-order valence-corrected chi connectivity index (χ2v) is 6.11. The molecular weight excluding hydrogens is 311 g/mol. The average molecular weight is 327 g/mol. The smallest absolute Gasteiger partial charge is 0.362 e. The van der Waals surface area contributed by atoms with Gasteiger partial charge in [-0.15, -0.1) is 0 Å². The lowest BCUT2D eigenvalue weighted by Gasteiger charge is -2.39. The fraction of sp³-hybridized carbons (Fsp3) is 0.533. The molecule has 1 aliphatic heterocycles. The van der Waals surface area contributed by atoms with E-state index in [9.17, 15) is 23.1 Å². The van der Waals surface area contributed by atoms with Crippen LogP contribution in [0.15, 0.2) is 29.6 Å². The molecule has 3 rings (SSSR count). The molecule has 124 valence electrons. The van der Waals surface area contributed by atoms with Gasteiger partial charge in [0.05, 0.1) is 11.5 Å². The van der Waals surface area contributed by atoms with Gasteiger partial charge in [-0.2, -0.15) is 23.3 Å². The summed E-state index contributed by atoms with van der Waals surface area (Å²) in [5.74, 6) is -2.19. The van der Waals surface area contributed by atoms with Crippen molar-refractivity contribution in [2.45, 2.75) is 38.1 Å². The van der Waals surface area contributed by atoms with Crippen LogP contribution in [0.5, 0.6) is 0 Å². The number of carbonyl (C=O) groups is 1. The highest BCUT2D eigenvalue weighted by Crippen LogP contribution is 2.49. The maximum absolute atomic E-state index is 13.6. The Hall–Kier alpha value is -1.96. The number of hydrazone groups is 1. The quantitative estimate of drug-likeness (QED) is 0.862. The summed E-state index contributed by atoms with van der Waals surface area (Å²) < 4.78 is 40.9. The van der Waals surface area contributed by atoms with Crippen molar-refractivity contribution in [3.05, 3.63) is 30.1 Å². The van der Waals surface area contributed by atoms with Crippen molar-refractivity contribution in [1.29, 1.82) is 0 Å².